The predicted octanol–water partition coefficient (Wildman–Crippen LogP) is 2.68. The summed E-state index contributed by atoms with van der Waals surface area (Å²) in [7, 11) is 0. The molecule has 1 unspecified atom stereocenters. The van der Waals surface area contributed by atoms with Crippen molar-refractivity contribution in [1.29, 1.82) is 0 Å². The molecule has 0 bridgehead atoms. The minimum Gasteiger partial charge on any atom is -0.333 e. The Bertz CT molecular complexity index is 1060. The number of carbonyl (C=O) groups is 2. The van der Waals surface area contributed by atoms with E-state index in [1.54, 1.807) is 23.2 Å². The molecule has 3 aromatic rings. The number of nitrogens with one attached hydrogen (secondary N) is 2. The normalized spacial score (nSPS) is 16.4. The number of hydrogen-bond donors (Lipinski definition) is 2. The first-order valence-corrected chi connectivity index (χ1v) is 9.54. The maximum Gasteiger partial charge on any atom is 0.259 e. The lowest BCUT2D eigenvalue weighted by atomic mass is 9.99. The van der Waals surface area contributed by atoms with Crippen LogP contribution < -0.4 is 5.43 Å². The Hall–Kier alpha value is -3.81. The fraction of sp³-hybridized carbons (Fsp3) is 0.182. The predicted molar refractivity (Wildman–Crippen MR) is 110 cm³/mol. The third-order valence-corrected chi connectivity index (χ3v) is 5.01. The maximum absolute atomic E-state index is 13.1. The molecule has 7 nitrogen and oxygen atoms in total. The molecular formula is C22H20FN5O2. The van der Waals surface area contributed by atoms with Crippen molar-refractivity contribution in [1.82, 2.24) is 20.5 Å². The van der Waals surface area contributed by atoms with Crippen molar-refractivity contribution in [2.24, 2.45) is 5.10 Å². The number of hydrogen-bond acceptors (Lipinski definition) is 4. The van der Waals surface area contributed by atoms with E-state index in [0.717, 1.165) is 11.1 Å². The van der Waals surface area contributed by atoms with E-state index in [1.165, 1.54) is 18.3 Å². The summed E-state index contributed by atoms with van der Waals surface area (Å²) in [5.74, 6) is -0.650. The average molecular weight is 405 g/mol. The molecule has 8 heteroatoms. The average Bonchev–Trinajstić information content (AvgIpc) is 3.36. The Balaban J connectivity index is 1.33. The van der Waals surface area contributed by atoms with Gasteiger partial charge in [-0.25, -0.2) is 9.82 Å². The summed E-state index contributed by atoms with van der Waals surface area (Å²) in [6, 6.07) is 15.8. The lowest BCUT2D eigenvalue weighted by Gasteiger charge is -2.15. The Morgan fingerprint density at radius 2 is 2.00 bits per heavy atom. The number of aromatic amines is 1. The summed E-state index contributed by atoms with van der Waals surface area (Å²) in [6.07, 6.45) is 3.41. The van der Waals surface area contributed by atoms with Crippen LogP contribution in [0.15, 0.2) is 65.9 Å². The highest BCUT2D eigenvalue weighted by Gasteiger charge is 2.31. The van der Waals surface area contributed by atoms with E-state index in [4.69, 9.17) is 0 Å². The van der Waals surface area contributed by atoms with Gasteiger partial charge in [0.2, 0.25) is 5.91 Å². The van der Waals surface area contributed by atoms with Crippen LogP contribution in [-0.2, 0) is 9.59 Å². The second-order valence-corrected chi connectivity index (χ2v) is 7.09. The summed E-state index contributed by atoms with van der Waals surface area (Å²) in [4.78, 5) is 26.0. The topological polar surface area (TPSA) is 90.4 Å². The molecule has 152 valence electrons. The van der Waals surface area contributed by atoms with Crippen LogP contribution in [0, 0.1) is 5.82 Å². The summed E-state index contributed by atoms with van der Waals surface area (Å²) < 4.78 is 13.1. The van der Waals surface area contributed by atoms with E-state index < -0.39 is 0 Å². The van der Waals surface area contributed by atoms with Crippen molar-refractivity contribution in [2.75, 3.05) is 13.1 Å². The summed E-state index contributed by atoms with van der Waals surface area (Å²) in [5.41, 5.74) is 5.59. The van der Waals surface area contributed by atoms with Gasteiger partial charge < -0.3 is 4.90 Å². The van der Waals surface area contributed by atoms with Crippen LogP contribution in [-0.4, -0.2) is 46.2 Å². The third kappa shape index (κ3) is 4.43. The fourth-order valence-electron chi connectivity index (χ4n) is 3.50. The molecule has 4 rings (SSSR count). The monoisotopic (exact) mass is 405 g/mol. The van der Waals surface area contributed by atoms with E-state index in [9.17, 15) is 14.0 Å². The summed E-state index contributed by atoms with van der Waals surface area (Å²) in [5, 5.41) is 10.8. The Morgan fingerprint density at radius 1 is 1.23 bits per heavy atom. The molecule has 0 spiro atoms. The standard InChI is InChI=1S/C22H20FN5O2/c23-19-8-6-16(7-9-19)22-18(12-25-27-22)11-24-26-20(29)14-28-13-17(10-21(28)30)15-4-2-1-3-5-15/h1-9,11-12,17H,10,13-14H2,(H,25,27)(H,26,29)/b24-11+. The maximum atomic E-state index is 13.1. The molecule has 0 aliphatic carbocycles. The van der Waals surface area contributed by atoms with E-state index >= 15 is 0 Å². The number of hydrazone groups is 1. The second kappa shape index (κ2) is 8.69. The molecule has 2 heterocycles. The van der Waals surface area contributed by atoms with Crippen molar-refractivity contribution in [3.05, 3.63) is 77.7 Å². The van der Waals surface area contributed by atoms with Crippen LogP contribution in [0.5, 0.6) is 0 Å². The van der Waals surface area contributed by atoms with Crippen LogP contribution in [0.4, 0.5) is 4.39 Å². The Kier molecular flexibility index (Phi) is 5.65. The Morgan fingerprint density at radius 3 is 2.77 bits per heavy atom. The number of rotatable bonds is 6. The lowest BCUT2D eigenvalue weighted by molar-refractivity contribution is -0.133. The van der Waals surface area contributed by atoms with Crippen molar-refractivity contribution in [2.45, 2.75) is 12.3 Å². The van der Waals surface area contributed by atoms with Crippen LogP contribution in [0.1, 0.15) is 23.5 Å². The fourth-order valence-corrected chi connectivity index (χ4v) is 3.50. The lowest BCUT2D eigenvalue weighted by Crippen LogP contribution is -2.36. The molecule has 2 N–H and O–H groups in total. The minimum atomic E-state index is -0.375. The Labute approximate surface area is 172 Å². The van der Waals surface area contributed by atoms with Crippen LogP contribution in [0.2, 0.25) is 0 Å². The van der Waals surface area contributed by atoms with Gasteiger partial charge in [0.25, 0.3) is 5.91 Å². The van der Waals surface area contributed by atoms with Crippen LogP contribution in [0.25, 0.3) is 11.3 Å². The molecule has 1 aliphatic heterocycles. The quantitative estimate of drug-likeness (QED) is 0.488. The van der Waals surface area contributed by atoms with Gasteiger partial charge in [-0.2, -0.15) is 10.2 Å². The van der Waals surface area contributed by atoms with E-state index in [2.05, 4.69) is 20.7 Å². The number of benzene rings is 2. The minimum absolute atomic E-state index is 0.0450. The van der Waals surface area contributed by atoms with Crippen LogP contribution >= 0.6 is 0 Å². The third-order valence-electron chi connectivity index (χ3n) is 5.01. The van der Waals surface area contributed by atoms with Gasteiger partial charge in [-0.15, -0.1) is 0 Å². The molecule has 1 atom stereocenters. The first-order valence-electron chi connectivity index (χ1n) is 9.54. The molecule has 30 heavy (non-hydrogen) atoms. The van der Waals surface area contributed by atoms with Crippen molar-refractivity contribution >= 4 is 18.0 Å². The molecule has 1 saturated heterocycles. The molecule has 2 amide bonds. The van der Waals surface area contributed by atoms with Crippen molar-refractivity contribution < 1.29 is 14.0 Å². The van der Waals surface area contributed by atoms with Gasteiger partial charge in [-0.05, 0) is 29.8 Å². The van der Waals surface area contributed by atoms with Crippen molar-refractivity contribution in [3.63, 3.8) is 0 Å². The molecule has 1 aliphatic rings. The highest BCUT2D eigenvalue weighted by Crippen LogP contribution is 2.27. The van der Waals surface area contributed by atoms with E-state index in [0.29, 0.717) is 24.2 Å². The van der Waals surface area contributed by atoms with E-state index in [-0.39, 0.29) is 30.1 Å². The highest BCUT2D eigenvalue weighted by molar-refractivity contribution is 5.90. The molecule has 2 aromatic carbocycles. The number of likely N-dealkylation sites (tertiary alicyclic amines) is 1. The van der Waals surface area contributed by atoms with Gasteiger partial charge in [0.15, 0.2) is 0 Å². The smallest absolute Gasteiger partial charge is 0.259 e. The first kappa shape index (κ1) is 19.5. The molecular weight excluding hydrogens is 385 g/mol. The van der Waals surface area contributed by atoms with E-state index in [1.807, 2.05) is 30.3 Å². The SMILES string of the molecule is O=C(CN1CC(c2ccccc2)CC1=O)N/N=C/c1cn[nH]c1-c1ccc(F)cc1. The van der Waals surface area contributed by atoms with Gasteiger partial charge in [-0.1, -0.05) is 30.3 Å². The van der Waals surface area contributed by atoms with Gasteiger partial charge in [0, 0.05) is 30.0 Å². The number of carbonyl (C=O) groups excluding carboxylic acids is 2. The van der Waals surface area contributed by atoms with Crippen molar-refractivity contribution in [3.8, 4) is 11.3 Å². The first-order chi connectivity index (χ1) is 14.6. The molecule has 0 saturated carbocycles. The molecule has 1 fully saturated rings. The largest absolute Gasteiger partial charge is 0.333 e. The number of amides is 2. The number of H-pyrrole nitrogens is 1. The van der Waals surface area contributed by atoms with Gasteiger partial charge in [0.05, 0.1) is 18.1 Å². The number of halogens is 1. The highest BCUT2D eigenvalue weighted by atomic mass is 19.1. The van der Waals surface area contributed by atoms with Crippen LogP contribution in [0.3, 0.4) is 0 Å². The zero-order chi connectivity index (χ0) is 20.9. The van der Waals surface area contributed by atoms with Gasteiger partial charge in [0.1, 0.15) is 12.4 Å². The van der Waals surface area contributed by atoms with Gasteiger partial charge >= 0.3 is 0 Å². The number of nitrogens with zero attached hydrogens (tertiary/aromatic N) is 3. The second-order valence-electron chi connectivity index (χ2n) is 7.09. The van der Waals surface area contributed by atoms with Gasteiger partial charge in [-0.3, -0.25) is 14.7 Å². The molecule has 1 aromatic heterocycles. The zero-order valence-electron chi connectivity index (χ0n) is 16.1. The summed E-state index contributed by atoms with van der Waals surface area (Å²) in [6.45, 7) is 0.464. The number of aromatic nitrogens is 2. The molecule has 0 radical (unpaired) electrons. The zero-order valence-corrected chi connectivity index (χ0v) is 16.1. The summed E-state index contributed by atoms with van der Waals surface area (Å²) >= 11 is 0.